The summed E-state index contributed by atoms with van der Waals surface area (Å²) >= 11 is 0. The lowest BCUT2D eigenvalue weighted by atomic mass is 9.99. The molecular weight excluding hydrogens is 384 g/mol. The van der Waals surface area contributed by atoms with E-state index in [0.717, 1.165) is 17.0 Å². The van der Waals surface area contributed by atoms with Crippen LogP contribution < -0.4 is 0 Å². The highest BCUT2D eigenvalue weighted by Crippen LogP contribution is 2.31. The molecular formula is C21H32N6O3. The van der Waals surface area contributed by atoms with Gasteiger partial charge in [-0.3, -0.25) is 14.6 Å². The zero-order valence-corrected chi connectivity index (χ0v) is 17.6. The minimum absolute atomic E-state index is 0. The second-order valence-corrected chi connectivity index (χ2v) is 9.01. The van der Waals surface area contributed by atoms with Crippen molar-refractivity contribution in [2.24, 2.45) is 0 Å². The molecule has 0 saturated carbocycles. The predicted molar refractivity (Wildman–Crippen MR) is 112 cm³/mol. The maximum absolute atomic E-state index is 13.2. The number of aromatic nitrogens is 4. The highest BCUT2D eigenvalue weighted by atomic mass is 16.6. The first kappa shape index (κ1) is 21.9. The zero-order valence-electron chi connectivity index (χ0n) is 17.6. The molecule has 0 spiro atoms. The minimum Gasteiger partial charge on any atom is -0.444 e. The van der Waals surface area contributed by atoms with E-state index < -0.39 is 5.60 Å². The van der Waals surface area contributed by atoms with E-state index in [2.05, 4.69) is 10.2 Å². The van der Waals surface area contributed by atoms with E-state index in [-0.39, 0.29) is 31.4 Å². The lowest BCUT2D eigenvalue weighted by Gasteiger charge is -2.34. The van der Waals surface area contributed by atoms with E-state index in [1.807, 2.05) is 38.4 Å². The highest BCUT2D eigenvalue weighted by molar-refractivity contribution is 5.94. The fourth-order valence-corrected chi connectivity index (χ4v) is 4.08. The van der Waals surface area contributed by atoms with Gasteiger partial charge in [0.05, 0.1) is 18.8 Å². The molecule has 1 N–H and O–H groups in total. The second kappa shape index (κ2) is 7.77. The van der Waals surface area contributed by atoms with Gasteiger partial charge in [-0.05, 0) is 33.8 Å². The van der Waals surface area contributed by atoms with E-state index in [9.17, 15) is 9.59 Å². The van der Waals surface area contributed by atoms with E-state index in [4.69, 9.17) is 9.84 Å². The summed E-state index contributed by atoms with van der Waals surface area (Å²) in [7, 11) is 1.80. The molecule has 2 aliphatic heterocycles. The number of aromatic amines is 1. The summed E-state index contributed by atoms with van der Waals surface area (Å²) in [4.78, 5) is 29.3. The summed E-state index contributed by atoms with van der Waals surface area (Å²) < 4.78 is 7.39. The van der Waals surface area contributed by atoms with Crippen molar-refractivity contribution in [1.82, 2.24) is 29.8 Å². The minimum atomic E-state index is -0.569. The summed E-state index contributed by atoms with van der Waals surface area (Å²) in [6.45, 7) is 9.03. The Kier molecular flexibility index (Phi) is 5.66. The Bertz CT molecular complexity index is 927. The molecule has 0 bridgehead atoms. The van der Waals surface area contributed by atoms with E-state index in [0.29, 0.717) is 31.7 Å². The third kappa shape index (κ3) is 3.93. The number of H-pyrrole nitrogens is 1. The molecule has 2 amide bonds. The quantitative estimate of drug-likeness (QED) is 0.771. The van der Waals surface area contributed by atoms with Crippen molar-refractivity contribution in [1.29, 1.82) is 0 Å². The molecule has 9 heteroatoms. The first-order valence-corrected chi connectivity index (χ1v) is 9.97. The lowest BCUT2D eigenvalue weighted by Crippen LogP contribution is -2.45. The first-order valence-electron chi connectivity index (χ1n) is 9.97. The monoisotopic (exact) mass is 416 g/mol. The molecule has 0 radical (unpaired) electrons. The number of amides is 2. The molecule has 0 unspecified atom stereocenters. The third-order valence-electron chi connectivity index (χ3n) is 5.51. The fraction of sp³-hybridized carbons (Fsp3) is 0.619. The van der Waals surface area contributed by atoms with Crippen LogP contribution in [0.3, 0.4) is 0 Å². The largest absolute Gasteiger partial charge is 0.444 e. The van der Waals surface area contributed by atoms with Gasteiger partial charge in [0, 0.05) is 49.4 Å². The Balaban J connectivity index is 0.00000256. The van der Waals surface area contributed by atoms with Gasteiger partial charge in [0.1, 0.15) is 11.3 Å². The molecule has 2 aromatic rings. The normalized spacial score (nSPS) is 21.4. The number of likely N-dealkylation sites (N-methyl/N-ethyl adjacent to an activating group) is 1. The third-order valence-corrected chi connectivity index (χ3v) is 5.51. The second-order valence-electron chi connectivity index (χ2n) is 9.01. The fourth-order valence-electron chi connectivity index (χ4n) is 4.08. The summed E-state index contributed by atoms with van der Waals surface area (Å²) in [6.07, 6.45) is 1.96. The Morgan fingerprint density at radius 3 is 2.67 bits per heavy atom. The van der Waals surface area contributed by atoms with Crippen LogP contribution in [0.2, 0.25) is 0 Å². The van der Waals surface area contributed by atoms with Crippen LogP contribution in [0.15, 0.2) is 12.3 Å². The van der Waals surface area contributed by atoms with Crippen molar-refractivity contribution in [3.05, 3.63) is 34.9 Å². The molecule has 2 aromatic heterocycles. The van der Waals surface area contributed by atoms with Crippen molar-refractivity contribution < 1.29 is 14.3 Å². The van der Waals surface area contributed by atoms with Crippen LogP contribution in [0.1, 0.15) is 68.5 Å². The lowest BCUT2D eigenvalue weighted by molar-refractivity contribution is 0.0136. The van der Waals surface area contributed by atoms with Crippen molar-refractivity contribution in [3.8, 4) is 0 Å². The number of ether oxygens (including phenoxy) is 1. The number of carbonyl (C=O) groups excluding carboxylic acids is 2. The van der Waals surface area contributed by atoms with Gasteiger partial charge in [0.2, 0.25) is 0 Å². The van der Waals surface area contributed by atoms with Crippen molar-refractivity contribution in [2.75, 3.05) is 13.6 Å². The number of nitrogens with one attached hydrogen (secondary N) is 1. The Morgan fingerprint density at radius 2 is 2.03 bits per heavy atom. The summed E-state index contributed by atoms with van der Waals surface area (Å²) in [5.41, 5.74) is 2.70. The zero-order chi connectivity index (χ0) is 20.9. The van der Waals surface area contributed by atoms with E-state index >= 15 is 0 Å². The summed E-state index contributed by atoms with van der Waals surface area (Å²) in [5, 5.41) is 11.8. The maximum atomic E-state index is 13.2. The van der Waals surface area contributed by atoms with Gasteiger partial charge in [-0.2, -0.15) is 10.2 Å². The van der Waals surface area contributed by atoms with Crippen LogP contribution in [0.5, 0.6) is 0 Å². The average molecular weight is 417 g/mol. The first-order chi connectivity index (χ1) is 13.6. The topological polar surface area (TPSA) is 96.3 Å². The van der Waals surface area contributed by atoms with Crippen LogP contribution in [0.4, 0.5) is 4.79 Å². The Morgan fingerprint density at radius 1 is 1.30 bits per heavy atom. The summed E-state index contributed by atoms with van der Waals surface area (Å²) in [5.74, 6) is 0.00731. The molecule has 0 saturated heterocycles. The number of hydrogen-bond acceptors (Lipinski definition) is 5. The molecule has 4 rings (SSSR count). The SMILES string of the molecule is C.C[C@@H]1Cc2nn3c(c2CN1C(=O)OC(C)(C)C)C(=O)N(C)C[C@H](c1ccn[nH]1)C3. The molecule has 2 aliphatic rings. The maximum Gasteiger partial charge on any atom is 0.410 e. The van der Waals surface area contributed by atoms with Crippen LogP contribution in [0.25, 0.3) is 0 Å². The van der Waals surface area contributed by atoms with Crippen LogP contribution >= 0.6 is 0 Å². The van der Waals surface area contributed by atoms with Crippen LogP contribution in [-0.2, 0) is 24.2 Å². The van der Waals surface area contributed by atoms with Gasteiger partial charge in [-0.15, -0.1) is 0 Å². The van der Waals surface area contributed by atoms with Crippen molar-refractivity contribution in [3.63, 3.8) is 0 Å². The van der Waals surface area contributed by atoms with Gasteiger partial charge in [-0.1, -0.05) is 7.43 Å². The molecule has 30 heavy (non-hydrogen) atoms. The number of nitrogens with zero attached hydrogens (tertiary/aromatic N) is 5. The molecule has 2 atom stereocenters. The molecule has 0 aromatic carbocycles. The average Bonchev–Trinajstić information content (AvgIpc) is 3.23. The number of carbonyl (C=O) groups is 2. The number of fused-ring (bicyclic) bond motifs is 3. The van der Waals surface area contributed by atoms with Crippen molar-refractivity contribution >= 4 is 12.0 Å². The Hall–Kier alpha value is -2.84. The van der Waals surface area contributed by atoms with E-state index in [1.165, 1.54) is 0 Å². The standard InChI is InChI=1S/C20H28N6O3.CH4/c1-12-8-16-14(11-25(12)19(28)29-20(2,3)4)17-18(27)24(5)9-13(10-26(17)23-16)15-6-7-21-22-15;/h6-7,12-13H,8-11H2,1-5H3,(H,21,22);1H4/t12-,13+;/m1./s1. The molecule has 164 valence electrons. The van der Waals surface area contributed by atoms with Crippen LogP contribution in [0, 0.1) is 0 Å². The van der Waals surface area contributed by atoms with E-state index in [1.54, 1.807) is 23.0 Å². The molecule has 0 fully saturated rings. The molecule has 9 nitrogen and oxygen atoms in total. The molecule has 4 heterocycles. The number of hydrogen-bond donors (Lipinski definition) is 1. The van der Waals surface area contributed by atoms with Gasteiger partial charge in [0.25, 0.3) is 5.91 Å². The van der Waals surface area contributed by atoms with Gasteiger partial charge in [0.15, 0.2) is 0 Å². The van der Waals surface area contributed by atoms with Gasteiger partial charge in [-0.25, -0.2) is 4.79 Å². The van der Waals surface area contributed by atoms with Crippen molar-refractivity contribution in [2.45, 2.75) is 72.2 Å². The van der Waals surface area contributed by atoms with Gasteiger partial charge >= 0.3 is 6.09 Å². The predicted octanol–water partition coefficient (Wildman–Crippen LogP) is 2.79. The highest BCUT2D eigenvalue weighted by Gasteiger charge is 2.38. The summed E-state index contributed by atoms with van der Waals surface area (Å²) in [6, 6.07) is 1.89. The smallest absolute Gasteiger partial charge is 0.410 e. The number of rotatable bonds is 1. The Labute approximate surface area is 177 Å². The van der Waals surface area contributed by atoms with Gasteiger partial charge < -0.3 is 14.5 Å². The molecule has 0 aliphatic carbocycles. The van der Waals surface area contributed by atoms with Crippen LogP contribution in [-0.4, -0.2) is 67.0 Å².